The van der Waals surface area contributed by atoms with E-state index in [1.54, 1.807) is 29.2 Å². The predicted octanol–water partition coefficient (Wildman–Crippen LogP) is 3.36. The number of aliphatic carboxylic acids is 1. The van der Waals surface area contributed by atoms with Crippen LogP contribution >= 0.6 is 0 Å². The molecule has 2 N–H and O–H groups in total. The number of benzene rings is 2. The van der Waals surface area contributed by atoms with Crippen LogP contribution in [0, 0.1) is 6.92 Å². The second kappa shape index (κ2) is 7.87. The van der Waals surface area contributed by atoms with Gasteiger partial charge in [-0.05, 0) is 51.8 Å². The molecular formula is C23H27NO5. The highest BCUT2D eigenvalue weighted by Gasteiger charge is 2.39. The van der Waals surface area contributed by atoms with Crippen molar-refractivity contribution < 1.29 is 24.5 Å². The van der Waals surface area contributed by atoms with Gasteiger partial charge in [0.15, 0.2) is 5.60 Å². The molecule has 3 rings (SSSR count). The molecule has 1 aliphatic rings. The Balaban J connectivity index is 1.76. The molecule has 0 radical (unpaired) electrons. The molecule has 0 aromatic heterocycles. The highest BCUT2D eigenvalue weighted by atomic mass is 16.5. The number of para-hydroxylation sites is 1. The summed E-state index contributed by atoms with van der Waals surface area (Å²) in [7, 11) is 0. The fourth-order valence-corrected chi connectivity index (χ4v) is 3.49. The summed E-state index contributed by atoms with van der Waals surface area (Å²) in [5.41, 5.74) is -0.329. The Morgan fingerprint density at radius 1 is 1.03 bits per heavy atom. The molecule has 0 saturated carbocycles. The van der Waals surface area contributed by atoms with Crippen LogP contribution in [0.3, 0.4) is 0 Å². The Bertz CT molecular complexity index is 896. The predicted molar refractivity (Wildman–Crippen MR) is 109 cm³/mol. The number of aryl methyl sites for hydroxylation is 1. The number of piperidine rings is 1. The van der Waals surface area contributed by atoms with Crippen LogP contribution in [0.4, 0.5) is 0 Å². The summed E-state index contributed by atoms with van der Waals surface area (Å²) in [5, 5.41) is 20.7. The number of ether oxygens (including phenoxy) is 1. The van der Waals surface area contributed by atoms with Gasteiger partial charge in [-0.25, -0.2) is 4.79 Å². The van der Waals surface area contributed by atoms with E-state index in [2.05, 4.69) is 0 Å². The molecule has 2 aromatic carbocycles. The lowest BCUT2D eigenvalue weighted by Crippen LogP contribution is -2.46. The van der Waals surface area contributed by atoms with Crippen molar-refractivity contribution in [3.05, 3.63) is 65.2 Å². The van der Waals surface area contributed by atoms with E-state index in [9.17, 15) is 19.8 Å². The highest BCUT2D eigenvalue weighted by molar-refractivity contribution is 5.94. The molecule has 0 spiro atoms. The van der Waals surface area contributed by atoms with Gasteiger partial charge in [0, 0.05) is 24.2 Å². The molecule has 1 aliphatic heterocycles. The average Bonchev–Trinajstić information content (AvgIpc) is 2.68. The zero-order valence-corrected chi connectivity index (χ0v) is 17.0. The van der Waals surface area contributed by atoms with Crippen molar-refractivity contribution in [1.82, 2.24) is 4.90 Å². The summed E-state index contributed by atoms with van der Waals surface area (Å²) < 4.78 is 5.73. The maximum absolute atomic E-state index is 12.7. The summed E-state index contributed by atoms with van der Waals surface area (Å²) >= 11 is 0. The zero-order chi connectivity index (χ0) is 21.2. The van der Waals surface area contributed by atoms with E-state index in [-0.39, 0.29) is 5.91 Å². The summed E-state index contributed by atoms with van der Waals surface area (Å²) in [6.45, 7) is 5.72. The van der Waals surface area contributed by atoms with Crippen LogP contribution in [0.5, 0.6) is 5.75 Å². The van der Waals surface area contributed by atoms with E-state index in [0.717, 1.165) is 5.56 Å². The Hall–Kier alpha value is -2.86. The van der Waals surface area contributed by atoms with Crippen LogP contribution in [-0.2, 0) is 10.4 Å². The fraction of sp³-hybridized carbons (Fsp3) is 0.391. The lowest BCUT2D eigenvalue weighted by Gasteiger charge is -2.39. The third-order valence-electron chi connectivity index (χ3n) is 5.44. The highest BCUT2D eigenvalue weighted by Crippen LogP contribution is 2.39. The standard InChI is InChI=1S/C23H27NO5/c1-16-8-10-17(11-9-16)20(25)24-14-12-23(28,13-15-24)18-6-4-5-7-19(18)29-22(2,3)21(26)27/h4-11,28H,12-15H2,1-3H3,(H,26,27). The van der Waals surface area contributed by atoms with Gasteiger partial charge in [0.25, 0.3) is 5.91 Å². The summed E-state index contributed by atoms with van der Waals surface area (Å²) in [4.78, 5) is 25.9. The number of nitrogens with zero attached hydrogens (tertiary/aromatic N) is 1. The van der Waals surface area contributed by atoms with E-state index in [4.69, 9.17) is 4.74 Å². The average molecular weight is 397 g/mol. The first-order valence-corrected chi connectivity index (χ1v) is 9.73. The number of hydrogen-bond donors (Lipinski definition) is 2. The third kappa shape index (κ3) is 4.43. The molecule has 0 atom stereocenters. The van der Waals surface area contributed by atoms with Gasteiger partial charge in [-0.15, -0.1) is 0 Å². The number of carboxylic acids is 1. The number of rotatable bonds is 5. The minimum atomic E-state index is -1.42. The minimum Gasteiger partial charge on any atom is -0.478 e. The SMILES string of the molecule is Cc1ccc(C(=O)N2CCC(O)(c3ccccc3OC(C)(C)C(=O)O)CC2)cc1. The van der Waals surface area contributed by atoms with Crippen molar-refractivity contribution >= 4 is 11.9 Å². The van der Waals surface area contributed by atoms with Crippen molar-refractivity contribution in [2.75, 3.05) is 13.1 Å². The third-order valence-corrected chi connectivity index (χ3v) is 5.44. The van der Waals surface area contributed by atoms with Crippen molar-refractivity contribution in [2.45, 2.75) is 44.8 Å². The number of carboxylic acid groups (broad SMARTS) is 1. The monoisotopic (exact) mass is 397 g/mol. The molecule has 29 heavy (non-hydrogen) atoms. The largest absolute Gasteiger partial charge is 0.478 e. The van der Waals surface area contributed by atoms with Crippen LogP contribution in [0.25, 0.3) is 0 Å². The Kier molecular flexibility index (Phi) is 5.66. The van der Waals surface area contributed by atoms with E-state index in [1.807, 2.05) is 31.2 Å². The molecule has 1 heterocycles. The molecular weight excluding hydrogens is 370 g/mol. The van der Waals surface area contributed by atoms with Crippen LogP contribution in [0.1, 0.15) is 48.2 Å². The van der Waals surface area contributed by atoms with E-state index in [0.29, 0.717) is 42.8 Å². The van der Waals surface area contributed by atoms with Crippen LogP contribution < -0.4 is 4.74 Å². The quantitative estimate of drug-likeness (QED) is 0.808. The number of amides is 1. The lowest BCUT2D eigenvalue weighted by atomic mass is 9.83. The first-order valence-electron chi connectivity index (χ1n) is 9.73. The first-order chi connectivity index (χ1) is 13.6. The van der Waals surface area contributed by atoms with Gasteiger partial charge in [-0.3, -0.25) is 4.79 Å². The van der Waals surface area contributed by atoms with Crippen molar-refractivity contribution in [3.8, 4) is 5.75 Å². The van der Waals surface area contributed by atoms with Gasteiger partial charge in [0.1, 0.15) is 5.75 Å². The van der Waals surface area contributed by atoms with Gasteiger partial charge in [-0.1, -0.05) is 35.9 Å². The van der Waals surface area contributed by atoms with Gasteiger partial charge in [0.05, 0.1) is 5.60 Å². The number of aliphatic hydroxyl groups is 1. The van der Waals surface area contributed by atoms with Gasteiger partial charge >= 0.3 is 5.97 Å². The Morgan fingerprint density at radius 3 is 2.21 bits per heavy atom. The molecule has 0 unspecified atom stereocenters. The normalized spacial score (nSPS) is 16.3. The van der Waals surface area contributed by atoms with E-state index >= 15 is 0 Å². The van der Waals surface area contributed by atoms with Gasteiger partial charge in [-0.2, -0.15) is 0 Å². The van der Waals surface area contributed by atoms with Crippen molar-refractivity contribution in [1.29, 1.82) is 0 Å². The molecule has 2 aromatic rings. The topological polar surface area (TPSA) is 87.1 Å². The summed E-state index contributed by atoms with van der Waals surface area (Å²) in [6, 6.07) is 14.4. The molecule has 1 amide bonds. The Morgan fingerprint density at radius 2 is 1.62 bits per heavy atom. The van der Waals surface area contributed by atoms with Gasteiger partial charge in [0.2, 0.25) is 0 Å². The number of carbonyl (C=O) groups excluding carboxylic acids is 1. The van der Waals surface area contributed by atoms with Crippen molar-refractivity contribution in [3.63, 3.8) is 0 Å². The minimum absolute atomic E-state index is 0.0522. The first kappa shape index (κ1) is 20.9. The number of hydrogen-bond acceptors (Lipinski definition) is 4. The Labute approximate surface area is 170 Å². The molecule has 1 fully saturated rings. The fourth-order valence-electron chi connectivity index (χ4n) is 3.49. The number of likely N-dealkylation sites (tertiary alicyclic amines) is 1. The van der Waals surface area contributed by atoms with Crippen LogP contribution in [0.2, 0.25) is 0 Å². The van der Waals surface area contributed by atoms with Crippen LogP contribution in [0.15, 0.2) is 48.5 Å². The molecule has 0 aliphatic carbocycles. The maximum atomic E-state index is 12.7. The lowest BCUT2D eigenvalue weighted by molar-refractivity contribution is -0.152. The van der Waals surface area contributed by atoms with Crippen molar-refractivity contribution in [2.24, 2.45) is 0 Å². The van der Waals surface area contributed by atoms with Gasteiger partial charge < -0.3 is 19.8 Å². The second-order valence-corrected chi connectivity index (χ2v) is 8.10. The molecule has 6 nitrogen and oxygen atoms in total. The molecule has 0 bridgehead atoms. The molecule has 1 saturated heterocycles. The van der Waals surface area contributed by atoms with E-state index < -0.39 is 17.2 Å². The summed E-state index contributed by atoms with van der Waals surface area (Å²) in [6.07, 6.45) is 0.691. The smallest absolute Gasteiger partial charge is 0.347 e. The number of carbonyl (C=O) groups is 2. The summed E-state index contributed by atoms with van der Waals surface area (Å²) in [5.74, 6) is -0.790. The maximum Gasteiger partial charge on any atom is 0.347 e. The second-order valence-electron chi connectivity index (χ2n) is 8.10. The zero-order valence-electron chi connectivity index (χ0n) is 17.0. The molecule has 154 valence electrons. The molecule has 6 heteroatoms. The van der Waals surface area contributed by atoms with Crippen LogP contribution in [-0.4, -0.2) is 45.7 Å². The van der Waals surface area contributed by atoms with E-state index in [1.165, 1.54) is 13.8 Å².